The van der Waals surface area contributed by atoms with Crippen molar-refractivity contribution in [2.45, 2.75) is 6.61 Å². The molecule has 0 unspecified atom stereocenters. The highest BCUT2D eigenvalue weighted by Crippen LogP contribution is 2.16. The van der Waals surface area contributed by atoms with E-state index in [1.807, 2.05) is 60.7 Å². The largest absolute Gasteiger partial charge is 0.489 e. The number of nitrogens with zero attached hydrogens (tertiary/aromatic N) is 1. The number of anilines is 1. The van der Waals surface area contributed by atoms with E-state index in [1.165, 1.54) is 0 Å². The molecule has 2 aromatic carbocycles. The van der Waals surface area contributed by atoms with Crippen molar-refractivity contribution >= 4 is 21.7 Å². The summed E-state index contributed by atoms with van der Waals surface area (Å²) in [6, 6.07) is 19.6. The number of hydrogen-bond acceptors (Lipinski definition) is 3. The third kappa shape index (κ3) is 4.37. The molecule has 1 heterocycles. The highest BCUT2D eigenvalue weighted by molar-refractivity contribution is 9.10. The molecule has 0 radical (unpaired) electrons. The number of hydrogen-bond donors (Lipinski definition) is 1. The molecule has 0 bridgehead atoms. The monoisotopic (exact) mass is 378 g/mol. The first-order valence-corrected chi connectivity index (χ1v) is 8.20. The SMILES string of the molecule is Nc1ncc(Br)cc1C#Cc1ccc(OCc2ccccc2)cc1. The third-order valence-corrected chi connectivity index (χ3v) is 3.76. The van der Waals surface area contributed by atoms with Gasteiger partial charge in [0.1, 0.15) is 18.2 Å². The topological polar surface area (TPSA) is 48.1 Å². The number of halogens is 1. The maximum atomic E-state index is 5.82. The van der Waals surface area contributed by atoms with Gasteiger partial charge in [0, 0.05) is 16.2 Å². The molecule has 4 heteroatoms. The fraction of sp³-hybridized carbons (Fsp3) is 0.0500. The minimum atomic E-state index is 0.425. The summed E-state index contributed by atoms with van der Waals surface area (Å²) in [6.45, 7) is 0.548. The quantitative estimate of drug-likeness (QED) is 0.686. The zero-order chi connectivity index (χ0) is 16.8. The molecular formula is C20H15BrN2O. The van der Waals surface area contributed by atoms with E-state index in [9.17, 15) is 0 Å². The van der Waals surface area contributed by atoms with Crippen LogP contribution >= 0.6 is 15.9 Å². The molecule has 3 nitrogen and oxygen atoms in total. The van der Waals surface area contributed by atoms with Crippen LogP contribution in [0.2, 0.25) is 0 Å². The molecule has 0 amide bonds. The average Bonchev–Trinajstić information content (AvgIpc) is 2.62. The lowest BCUT2D eigenvalue weighted by Gasteiger charge is -2.06. The summed E-state index contributed by atoms with van der Waals surface area (Å²) in [5, 5.41) is 0. The van der Waals surface area contributed by atoms with Crippen LogP contribution in [0.1, 0.15) is 16.7 Å². The Morgan fingerprint density at radius 1 is 1.00 bits per heavy atom. The second kappa shape index (κ2) is 7.67. The van der Waals surface area contributed by atoms with E-state index in [-0.39, 0.29) is 0 Å². The van der Waals surface area contributed by atoms with Gasteiger partial charge in [0.05, 0.1) is 5.56 Å². The summed E-state index contributed by atoms with van der Waals surface area (Å²) >= 11 is 3.37. The number of ether oxygens (including phenoxy) is 1. The molecule has 3 rings (SSSR count). The van der Waals surface area contributed by atoms with E-state index in [2.05, 4.69) is 32.8 Å². The molecule has 0 spiro atoms. The van der Waals surface area contributed by atoms with Crippen molar-refractivity contribution in [1.82, 2.24) is 4.98 Å². The highest BCUT2D eigenvalue weighted by Gasteiger charge is 1.98. The molecule has 3 aromatic rings. The fourth-order valence-electron chi connectivity index (χ4n) is 2.06. The third-order valence-electron chi connectivity index (χ3n) is 3.33. The smallest absolute Gasteiger partial charge is 0.139 e. The van der Waals surface area contributed by atoms with Crippen LogP contribution in [0.3, 0.4) is 0 Å². The van der Waals surface area contributed by atoms with E-state index in [0.717, 1.165) is 21.3 Å². The van der Waals surface area contributed by atoms with Crippen molar-refractivity contribution < 1.29 is 4.74 Å². The van der Waals surface area contributed by atoms with E-state index in [0.29, 0.717) is 18.0 Å². The van der Waals surface area contributed by atoms with Gasteiger partial charge in [-0.3, -0.25) is 0 Å². The van der Waals surface area contributed by atoms with Gasteiger partial charge in [-0.05, 0) is 51.8 Å². The normalized spacial score (nSPS) is 9.88. The van der Waals surface area contributed by atoms with Crippen LogP contribution in [-0.2, 0) is 6.61 Å². The van der Waals surface area contributed by atoms with Crippen molar-refractivity contribution in [3.05, 3.63) is 88.0 Å². The molecular weight excluding hydrogens is 364 g/mol. The number of pyridine rings is 1. The Morgan fingerprint density at radius 2 is 1.75 bits per heavy atom. The first-order chi connectivity index (χ1) is 11.7. The van der Waals surface area contributed by atoms with Crippen LogP contribution in [0.25, 0.3) is 0 Å². The fourth-order valence-corrected chi connectivity index (χ4v) is 2.40. The van der Waals surface area contributed by atoms with Crippen molar-refractivity contribution in [2.75, 3.05) is 5.73 Å². The first-order valence-electron chi connectivity index (χ1n) is 7.40. The summed E-state index contributed by atoms with van der Waals surface area (Å²) in [7, 11) is 0. The zero-order valence-electron chi connectivity index (χ0n) is 12.9. The van der Waals surface area contributed by atoms with Gasteiger partial charge in [0.25, 0.3) is 0 Å². The number of aromatic nitrogens is 1. The minimum absolute atomic E-state index is 0.425. The maximum absolute atomic E-state index is 5.82. The molecule has 24 heavy (non-hydrogen) atoms. The van der Waals surface area contributed by atoms with Gasteiger partial charge < -0.3 is 10.5 Å². The average molecular weight is 379 g/mol. The van der Waals surface area contributed by atoms with E-state index in [1.54, 1.807) is 6.20 Å². The van der Waals surface area contributed by atoms with Gasteiger partial charge in [-0.1, -0.05) is 42.2 Å². The Labute approximate surface area is 149 Å². The summed E-state index contributed by atoms with van der Waals surface area (Å²) in [4.78, 5) is 4.07. The molecule has 2 N–H and O–H groups in total. The van der Waals surface area contributed by atoms with Crippen LogP contribution in [-0.4, -0.2) is 4.98 Å². The van der Waals surface area contributed by atoms with Gasteiger partial charge in [-0.2, -0.15) is 0 Å². The second-order valence-electron chi connectivity index (χ2n) is 5.13. The molecule has 0 saturated carbocycles. The lowest BCUT2D eigenvalue weighted by Crippen LogP contribution is -1.95. The summed E-state index contributed by atoms with van der Waals surface area (Å²) < 4.78 is 6.61. The van der Waals surface area contributed by atoms with Crippen LogP contribution in [0.4, 0.5) is 5.82 Å². The van der Waals surface area contributed by atoms with Gasteiger partial charge >= 0.3 is 0 Å². The molecule has 0 atom stereocenters. The lowest BCUT2D eigenvalue weighted by atomic mass is 10.2. The van der Waals surface area contributed by atoms with Crippen molar-refractivity contribution in [1.29, 1.82) is 0 Å². The van der Waals surface area contributed by atoms with Gasteiger partial charge in [0.2, 0.25) is 0 Å². The number of benzene rings is 2. The maximum Gasteiger partial charge on any atom is 0.139 e. The Morgan fingerprint density at radius 3 is 2.50 bits per heavy atom. The standard InChI is InChI=1S/C20H15BrN2O/c21-18-12-17(20(22)23-13-18)9-6-15-7-10-19(11-8-15)24-14-16-4-2-1-3-5-16/h1-5,7-8,10-13H,14H2,(H2,22,23). The minimum Gasteiger partial charge on any atom is -0.489 e. The van der Waals surface area contributed by atoms with E-state index < -0.39 is 0 Å². The Bertz CT molecular complexity index is 881. The molecule has 1 aromatic heterocycles. The number of nitrogen functional groups attached to an aromatic ring is 1. The molecule has 118 valence electrons. The van der Waals surface area contributed by atoms with Crippen LogP contribution in [0.5, 0.6) is 5.75 Å². The van der Waals surface area contributed by atoms with Gasteiger partial charge in [-0.15, -0.1) is 0 Å². The summed E-state index contributed by atoms with van der Waals surface area (Å²) in [6.07, 6.45) is 1.65. The summed E-state index contributed by atoms with van der Waals surface area (Å²) in [5.74, 6) is 7.36. The second-order valence-corrected chi connectivity index (χ2v) is 6.05. The van der Waals surface area contributed by atoms with Crippen LogP contribution < -0.4 is 10.5 Å². The van der Waals surface area contributed by atoms with Crippen molar-refractivity contribution in [2.24, 2.45) is 0 Å². The molecule has 0 saturated heterocycles. The predicted octanol–water partition coefficient (Wildman–Crippen LogP) is 4.41. The van der Waals surface area contributed by atoms with E-state index >= 15 is 0 Å². The van der Waals surface area contributed by atoms with Crippen LogP contribution in [0.15, 0.2) is 71.3 Å². The molecule has 0 aliphatic rings. The van der Waals surface area contributed by atoms with Gasteiger partial charge in [0.15, 0.2) is 0 Å². The zero-order valence-corrected chi connectivity index (χ0v) is 14.5. The van der Waals surface area contributed by atoms with Crippen LogP contribution in [0, 0.1) is 11.8 Å². The Kier molecular flexibility index (Phi) is 5.15. The Hall–Kier alpha value is -2.77. The lowest BCUT2D eigenvalue weighted by molar-refractivity contribution is 0.306. The molecule has 0 aliphatic heterocycles. The van der Waals surface area contributed by atoms with Gasteiger partial charge in [-0.25, -0.2) is 4.98 Å². The molecule has 0 fully saturated rings. The highest BCUT2D eigenvalue weighted by atomic mass is 79.9. The summed E-state index contributed by atoms with van der Waals surface area (Å²) in [5.41, 5.74) is 8.55. The molecule has 0 aliphatic carbocycles. The predicted molar refractivity (Wildman–Crippen MR) is 99.5 cm³/mol. The van der Waals surface area contributed by atoms with Crippen molar-refractivity contribution in [3.63, 3.8) is 0 Å². The number of nitrogens with two attached hydrogens (primary N) is 1. The number of rotatable bonds is 3. The van der Waals surface area contributed by atoms with Crippen molar-refractivity contribution in [3.8, 4) is 17.6 Å². The van der Waals surface area contributed by atoms with E-state index in [4.69, 9.17) is 10.5 Å². The Balaban J connectivity index is 1.67. The first kappa shape index (κ1) is 16.1.